The first kappa shape index (κ1) is 13.0. The maximum atomic E-state index is 5.57. The van der Waals surface area contributed by atoms with Gasteiger partial charge in [0.05, 0.1) is 5.92 Å². The average Bonchev–Trinajstić information content (AvgIpc) is 2.98. The quantitative estimate of drug-likeness (QED) is 0.810. The molecule has 0 saturated carbocycles. The lowest BCUT2D eigenvalue weighted by Crippen LogP contribution is -2.35. The molecule has 2 aromatic carbocycles. The van der Waals surface area contributed by atoms with Gasteiger partial charge in [0.25, 0.3) is 5.79 Å². The fourth-order valence-corrected chi connectivity index (χ4v) is 3.03. The zero-order chi connectivity index (χ0) is 14.3. The number of hydrogen-bond donors (Lipinski definition) is 0. The van der Waals surface area contributed by atoms with Crippen LogP contribution in [0.2, 0.25) is 0 Å². The molecule has 21 heavy (non-hydrogen) atoms. The predicted molar refractivity (Wildman–Crippen MR) is 74.5 cm³/mol. The molecule has 4 rings (SSSR count). The summed E-state index contributed by atoms with van der Waals surface area (Å²) in [5, 5.41) is 0. The van der Waals surface area contributed by atoms with E-state index in [0.717, 1.165) is 12.0 Å². The van der Waals surface area contributed by atoms with Gasteiger partial charge in [-0.1, -0.05) is 60.7 Å². The molecule has 0 unspecified atom stereocenters. The van der Waals surface area contributed by atoms with Crippen LogP contribution in [0.4, 0.5) is 0 Å². The molecule has 2 heterocycles. The van der Waals surface area contributed by atoms with Crippen molar-refractivity contribution < 1.29 is 19.6 Å². The number of hydrogen-bond acceptors (Lipinski definition) is 4. The third-order valence-electron chi connectivity index (χ3n) is 4.21. The van der Waals surface area contributed by atoms with E-state index in [1.54, 1.807) is 0 Å². The van der Waals surface area contributed by atoms with Crippen LogP contribution in [0.25, 0.3) is 0 Å². The van der Waals surface area contributed by atoms with E-state index in [9.17, 15) is 0 Å². The Hall–Kier alpha value is -1.72. The average molecular weight is 284 g/mol. The molecule has 0 aromatic heterocycles. The Morgan fingerprint density at radius 3 is 2.00 bits per heavy atom. The van der Waals surface area contributed by atoms with Crippen LogP contribution in [0.5, 0.6) is 0 Å². The smallest absolute Gasteiger partial charge is 0.194 e. The van der Waals surface area contributed by atoms with E-state index in [4.69, 9.17) is 19.6 Å². The van der Waals surface area contributed by atoms with Gasteiger partial charge in [0.1, 0.15) is 0 Å². The summed E-state index contributed by atoms with van der Waals surface area (Å²) >= 11 is 0. The highest BCUT2D eigenvalue weighted by atomic mass is 17.4. The highest BCUT2D eigenvalue weighted by Gasteiger charge is 2.69. The standard InChI is InChI=1S/C17H16O4/c1-16-15(12-13-8-4-2-5-9-13)17(20-18-16,21-19-16)14-10-6-3-7-11-14/h2-11,15H,12H2,1H3/t15-,16?,17?/m1/s1. The largest absolute Gasteiger partial charge is 0.267 e. The number of benzene rings is 2. The van der Waals surface area contributed by atoms with E-state index in [2.05, 4.69) is 12.1 Å². The first-order valence-corrected chi connectivity index (χ1v) is 7.06. The van der Waals surface area contributed by atoms with Crippen LogP contribution in [-0.4, -0.2) is 5.79 Å². The van der Waals surface area contributed by atoms with Gasteiger partial charge in [-0.05, 0) is 18.9 Å². The minimum Gasteiger partial charge on any atom is -0.194 e. The predicted octanol–water partition coefficient (Wildman–Crippen LogP) is 3.34. The maximum Gasteiger partial charge on any atom is 0.267 e. The van der Waals surface area contributed by atoms with Crippen LogP contribution < -0.4 is 0 Å². The molecule has 2 aromatic rings. The van der Waals surface area contributed by atoms with Crippen molar-refractivity contribution in [2.24, 2.45) is 5.92 Å². The zero-order valence-corrected chi connectivity index (χ0v) is 11.7. The van der Waals surface area contributed by atoms with E-state index >= 15 is 0 Å². The van der Waals surface area contributed by atoms with Crippen molar-refractivity contribution >= 4 is 0 Å². The topological polar surface area (TPSA) is 36.9 Å². The Balaban J connectivity index is 1.73. The first-order valence-electron chi connectivity index (χ1n) is 7.06. The van der Waals surface area contributed by atoms with Gasteiger partial charge in [-0.2, -0.15) is 19.6 Å². The van der Waals surface area contributed by atoms with Gasteiger partial charge in [0.2, 0.25) is 5.79 Å². The maximum absolute atomic E-state index is 5.57. The molecule has 2 aliphatic heterocycles. The molecule has 108 valence electrons. The van der Waals surface area contributed by atoms with Gasteiger partial charge in [-0.15, -0.1) is 0 Å². The summed E-state index contributed by atoms with van der Waals surface area (Å²) in [6.45, 7) is 1.85. The van der Waals surface area contributed by atoms with Crippen molar-refractivity contribution in [2.75, 3.05) is 0 Å². The molecule has 0 aliphatic carbocycles. The lowest BCUT2D eigenvalue weighted by Gasteiger charge is -2.25. The van der Waals surface area contributed by atoms with Crippen molar-refractivity contribution in [3.05, 3.63) is 71.8 Å². The third-order valence-corrected chi connectivity index (χ3v) is 4.21. The summed E-state index contributed by atoms with van der Waals surface area (Å²) in [6.07, 6.45) is 0.742. The molecule has 2 saturated heterocycles. The zero-order valence-electron chi connectivity index (χ0n) is 11.7. The van der Waals surface area contributed by atoms with Gasteiger partial charge >= 0.3 is 0 Å². The second-order valence-corrected chi connectivity index (χ2v) is 5.63. The Morgan fingerprint density at radius 2 is 1.38 bits per heavy atom. The Kier molecular flexibility index (Phi) is 2.87. The summed E-state index contributed by atoms with van der Waals surface area (Å²) in [5.74, 6) is -1.99. The van der Waals surface area contributed by atoms with Crippen molar-refractivity contribution in [2.45, 2.75) is 24.9 Å². The molecule has 0 spiro atoms. The normalized spacial score (nSPS) is 34.2. The fraction of sp³-hybridized carbons (Fsp3) is 0.294. The Bertz CT molecular complexity index is 618. The summed E-state index contributed by atoms with van der Waals surface area (Å²) in [4.78, 5) is 22.0. The van der Waals surface area contributed by atoms with Crippen molar-refractivity contribution in [3.63, 3.8) is 0 Å². The van der Waals surface area contributed by atoms with Gasteiger partial charge in [-0.25, -0.2) is 0 Å². The molecule has 0 N–H and O–H groups in total. The van der Waals surface area contributed by atoms with E-state index in [1.165, 1.54) is 5.56 Å². The van der Waals surface area contributed by atoms with Crippen LogP contribution in [0.15, 0.2) is 60.7 Å². The molecule has 4 nitrogen and oxygen atoms in total. The molecule has 1 atom stereocenters. The van der Waals surface area contributed by atoms with Crippen LogP contribution in [0, 0.1) is 5.92 Å². The van der Waals surface area contributed by atoms with Gasteiger partial charge in [-0.3, -0.25) is 0 Å². The second kappa shape index (κ2) is 4.64. The number of rotatable bonds is 3. The van der Waals surface area contributed by atoms with Crippen LogP contribution in [0.1, 0.15) is 18.1 Å². The highest BCUT2D eigenvalue weighted by Crippen LogP contribution is 2.56. The monoisotopic (exact) mass is 284 g/mol. The number of fused-ring (bicyclic) bond motifs is 2. The molecule has 2 bridgehead atoms. The molecule has 2 fully saturated rings. The van der Waals surface area contributed by atoms with E-state index < -0.39 is 11.6 Å². The lowest BCUT2D eigenvalue weighted by atomic mass is 9.82. The summed E-state index contributed by atoms with van der Waals surface area (Å²) in [6, 6.07) is 20.0. The minimum absolute atomic E-state index is 0.0881. The van der Waals surface area contributed by atoms with Crippen LogP contribution in [-0.2, 0) is 31.8 Å². The summed E-state index contributed by atoms with van der Waals surface area (Å²) in [5.41, 5.74) is 2.09. The van der Waals surface area contributed by atoms with Gasteiger partial charge in [0.15, 0.2) is 0 Å². The summed E-state index contributed by atoms with van der Waals surface area (Å²) in [7, 11) is 0. The van der Waals surface area contributed by atoms with E-state index in [-0.39, 0.29) is 5.92 Å². The molecule has 0 amide bonds. The Labute approximate surface area is 123 Å². The van der Waals surface area contributed by atoms with Crippen LogP contribution >= 0.6 is 0 Å². The first-order chi connectivity index (χ1) is 10.2. The van der Waals surface area contributed by atoms with Crippen molar-refractivity contribution in [3.8, 4) is 0 Å². The van der Waals surface area contributed by atoms with Crippen molar-refractivity contribution in [1.29, 1.82) is 0 Å². The fourth-order valence-electron chi connectivity index (χ4n) is 3.03. The van der Waals surface area contributed by atoms with E-state index in [1.807, 2.05) is 55.5 Å². The molecule has 4 heteroatoms. The van der Waals surface area contributed by atoms with Gasteiger partial charge < -0.3 is 0 Å². The van der Waals surface area contributed by atoms with Crippen molar-refractivity contribution in [1.82, 2.24) is 0 Å². The Morgan fingerprint density at radius 1 is 0.810 bits per heavy atom. The minimum atomic E-state index is -1.01. The SMILES string of the molecule is CC12OOC(c3ccccc3)(OO1)[C@@H]2Cc1ccccc1. The van der Waals surface area contributed by atoms with Crippen LogP contribution in [0.3, 0.4) is 0 Å². The molecule has 2 aliphatic rings. The van der Waals surface area contributed by atoms with E-state index in [0.29, 0.717) is 0 Å². The second-order valence-electron chi connectivity index (χ2n) is 5.63. The lowest BCUT2D eigenvalue weighted by molar-refractivity contribution is -0.592. The third kappa shape index (κ3) is 1.92. The summed E-state index contributed by atoms with van der Waals surface area (Å²) < 4.78 is 0. The van der Waals surface area contributed by atoms with Gasteiger partial charge in [0, 0.05) is 5.56 Å². The molecular weight excluding hydrogens is 268 g/mol. The molecular formula is C17H16O4. The molecule has 0 radical (unpaired) electrons. The highest BCUT2D eigenvalue weighted by molar-refractivity contribution is 5.26.